The summed E-state index contributed by atoms with van der Waals surface area (Å²) < 4.78 is 0. The van der Waals surface area contributed by atoms with Gasteiger partial charge in [-0.15, -0.1) is 0 Å². The van der Waals surface area contributed by atoms with E-state index in [9.17, 15) is 0 Å². The largest absolute Gasteiger partial charge is 0.0887 e. The SMILES string of the molecule is c1ccc2c(-c3ccc(-c4ccc5c(c4)Sc4ccc6c7c(ccc-5c47)-c4ccc(-c5cccc7ccccc57)cc4S6)cc3)cccc2c1. The van der Waals surface area contributed by atoms with Crippen LogP contribution in [0.3, 0.4) is 0 Å². The van der Waals surface area contributed by atoms with Crippen LogP contribution in [0.1, 0.15) is 0 Å². The highest BCUT2D eigenvalue weighted by Crippen LogP contribution is 2.56. The molecule has 0 saturated carbocycles. The highest BCUT2D eigenvalue weighted by atomic mass is 32.2. The van der Waals surface area contributed by atoms with Gasteiger partial charge in [0.05, 0.1) is 0 Å². The topological polar surface area (TPSA) is 0 Å². The van der Waals surface area contributed by atoms with Crippen molar-refractivity contribution >= 4 is 55.8 Å². The molecule has 0 N–H and O–H groups in total. The summed E-state index contributed by atoms with van der Waals surface area (Å²) in [6.07, 6.45) is 0. The van der Waals surface area contributed by atoms with E-state index in [1.807, 2.05) is 23.5 Å². The monoisotopic (exact) mass is 668 g/mol. The molecule has 0 saturated heterocycles. The summed E-state index contributed by atoms with van der Waals surface area (Å²) in [5.41, 5.74) is 12.9. The lowest BCUT2D eigenvalue weighted by molar-refractivity contribution is 1.34. The van der Waals surface area contributed by atoms with Gasteiger partial charge in [0.2, 0.25) is 0 Å². The number of rotatable bonds is 3. The minimum atomic E-state index is 1.24. The molecule has 9 aromatic rings. The predicted molar refractivity (Wildman–Crippen MR) is 214 cm³/mol. The van der Waals surface area contributed by atoms with Crippen molar-refractivity contribution in [1.29, 1.82) is 0 Å². The second-order valence-electron chi connectivity index (χ2n) is 13.2. The van der Waals surface area contributed by atoms with Crippen molar-refractivity contribution in [2.75, 3.05) is 0 Å². The molecule has 0 spiro atoms. The first-order chi connectivity index (χ1) is 24.8. The molecule has 9 aromatic carbocycles. The smallest absolute Gasteiger partial charge is 0.0208 e. The highest BCUT2D eigenvalue weighted by molar-refractivity contribution is 8.00. The molecule has 2 aliphatic heterocycles. The molecule has 0 fully saturated rings. The Kier molecular flexibility index (Phi) is 6.22. The van der Waals surface area contributed by atoms with Crippen LogP contribution in [-0.2, 0) is 0 Å². The number of benzene rings is 9. The van der Waals surface area contributed by atoms with E-state index in [-0.39, 0.29) is 0 Å². The number of hydrogen-bond donors (Lipinski definition) is 0. The third kappa shape index (κ3) is 4.29. The Hall–Kier alpha value is -5.54. The van der Waals surface area contributed by atoms with Gasteiger partial charge in [0.1, 0.15) is 0 Å². The molecular formula is C48H28S2. The van der Waals surface area contributed by atoms with Crippen molar-refractivity contribution in [3.05, 3.63) is 170 Å². The van der Waals surface area contributed by atoms with Crippen molar-refractivity contribution in [3.63, 3.8) is 0 Å². The van der Waals surface area contributed by atoms with Crippen LogP contribution in [-0.4, -0.2) is 0 Å². The van der Waals surface area contributed by atoms with Gasteiger partial charge < -0.3 is 0 Å². The minimum Gasteiger partial charge on any atom is -0.0887 e. The molecular weight excluding hydrogens is 641 g/mol. The maximum Gasteiger partial charge on any atom is 0.0208 e. The van der Waals surface area contributed by atoms with Crippen LogP contribution >= 0.6 is 23.5 Å². The lowest BCUT2D eigenvalue weighted by Gasteiger charge is -2.27. The Balaban J connectivity index is 0.966. The van der Waals surface area contributed by atoms with E-state index in [1.165, 1.54) is 108 Å². The average molecular weight is 669 g/mol. The van der Waals surface area contributed by atoms with Crippen LogP contribution in [0.5, 0.6) is 0 Å². The van der Waals surface area contributed by atoms with Crippen molar-refractivity contribution in [1.82, 2.24) is 0 Å². The number of hydrogen-bond acceptors (Lipinski definition) is 2. The quantitative estimate of drug-likeness (QED) is 0.184. The van der Waals surface area contributed by atoms with Crippen LogP contribution in [0.25, 0.3) is 88.0 Å². The van der Waals surface area contributed by atoms with Crippen LogP contribution < -0.4 is 0 Å². The first-order valence-corrected chi connectivity index (χ1v) is 18.7. The van der Waals surface area contributed by atoms with Crippen molar-refractivity contribution in [2.24, 2.45) is 0 Å². The van der Waals surface area contributed by atoms with Gasteiger partial charge in [-0.3, -0.25) is 0 Å². The first-order valence-electron chi connectivity index (χ1n) is 17.1. The highest BCUT2D eigenvalue weighted by Gasteiger charge is 2.27. The molecule has 0 unspecified atom stereocenters. The first kappa shape index (κ1) is 28.3. The zero-order valence-corrected chi connectivity index (χ0v) is 28.6. The lowest BCUT2D eigenvalue weighted by atomic mass is 9.89. The Labute approximate surface area is 299 Å². The molecule has 0 radical (unpaired) electrons. The third-order valence-corrected chi connectivity index (χ3v) is 12.7. The molecule has 0 nitrogen and oxygen atoms in total. The summed E-state index contributed by atoms with van der Waals surface area (Å²) in [6, 6.07) is 63.0. The maximum absolute atomic E-state index is 2.39. The van der Waals surface area contributed by atoms with Gasteiger partial charge in [-0.25, -0.2) is 0 Å². The molecule has 232 valence electrons. The molecule has 2 heteroatoms. The average Bonchev–Trinajstić information content (AvgIpc) is 3.18. The summed E-state index contributed by atoms with van der Waals surface area (Å²) in [5.74, 6) is 0. The molecule has 2 aliphatic rings. The molecule has 0 bridgehead atoms. The molecule has 0 atom stereocenters. The third-order valence-electron chi connectivity index (χ3n) is 10.5. The summed E-state index contributed by atoms with van der Waals surface area (Å²) in [7, 11) is 0. The van der Waals surface area contributed by atoms with Gasteiger partial charge in [0.15, 0.2) is 0 Å². The Morgan fingerprint density at radius 2 is 0.700 bits per heavy atom. The van der Waals surface area contributed by atoms with E-state index in [4.69, 9.17) is 0 Å². The fraction of sp³-hybridized carbons (Fsp3) is 0. The van der Waals surface area contributed by atoms with Gasteiger partial charge >= 0.3 is 0 Å². The fourth-order valence-corrected chi connectivity index (χ4v) is 10.4. The maximum atomic E-state index is 2.39. The van der Waals surface area contributed by atoms with Crippen LogP contribution in [0.15, 0.2) is 189 Å². The molecule has 2 heterocycles. The van der Waals surface area contributed by atoms with Crippen LogP contribution in [0, 0.1) is 0 Å². The molecule has 11 rings (SSSR count). The second kappa shape index (κ2) is 11.0. The van der Waals surface area contributed by atoms with E-state index < -0.39 is 0 Å². The van der Waals surface area contributed by atoms with Gasteiger partial charge in [0.25, 0.3) is 0 Å². The van der Waals surface area contributed by atoms with E-state index >= 15 is 0 Å². The van der Waals surface area contributed by atoms with Gasteiger partial charge in [-0.1, -0.05) is 169 Å². The normalized spacial score (nSPS) is 12.6. The lowest BCUT2D eigenvalue weighted by Crippen LogP contribution is -1.99. The zero-order chi connectivity index (χ0) is 32.8. The standard InChI is InChI=1S/C48H28S2/c1-3-11-35-30(7-1)9-5-13-37(35)32-17-15-29(16-18-32)33-19-21-39-41-23-24-42-40-22-20-34(38-14-6-10-31-8-2-4-12-36(31)38)28-46(40)50-44-26-25-43(47(41)48(42)44)49-45(39)27-33/h1-28H. The molecule has 0 amide bonds. The van der Waals surface area contributed by atoms with Gasteiger partial charge in [0, 0.05) is 30.4 Å². The Morgan fingerprint density at radius 3 is 1.30 bits per heavy atom. The molecule has 0 aliphatic carbocycles. The molecule has 0 aromatic heterocycles. The molecule has 50 heavy (non-hydrogen) atoms. The van der Waals surface area contributed by atoms with E-state index in [1.54, 1.807) is 0 Å². The number of fused-ring (bicyclic) bond motifs is 6. The summed E-state index contributed by atoms with van der Waals surface area (Å²) in [4.78, 5) is 5.33. The van der Waals surface area contributed by atoms with Gasteiger partial charge in [-0.2, -0.15) is 0 Å². The van der Waals surface area contributed by atoms with Crippen molar-refractivity contribution < 1.29 is 0 Å². The minimum absolute atomic E-state index is 1.24. The van der Waals surface area contributed by atoms with Crippen molar-refractivity contribution in [3.8, 4) is 55.6 Å². The predicted octanol–water partition coefficient (Wildman–Crippen LogP) is 14.4. The Bertz CT molecular complexity index is 2850. The van der Waals surface area contributed by atoms with E-state index in [2.05, 4.69) is 170 Å². The second-order valence-corrected chi connectivity index (χ2v) is 15.4. The summed E-state index contributed by atoms with van der Waals surface area (Å²) in [6.45, 7) is 0. The van der Waals surface area contributed by atoms with E-state index in [0.717, 1.165) is 0 Å². The van der Waals surface area contributed by atoms with Crippen molar-refractivity contribution in [2.45, 2.75) is 19.6 Å². The fourth-order valence-electron chi connectivity index (χ4n) is 8.09. The Morgan fingerprint density at radius 1 is 0.260 bits per heavy atom. The summed E-state index contributed by atoms with van der Waals surface area (Å²) >= 11 is 3.82. The van der Waals surface area contributed by atoms with Crippen LogP contribution in [0.2, 0.25) is 0 Å². The van der Waals surface area contributed by atoms with Crippen LogP contribution in [0.4, 0.5) is 0 Å². The van der Waals surface area contributed by atoms with E-state index in [0.29, 0.717) is 0 Å². The summed E-state index contributed by atoms with van der Waals surface area (Å²) in [5, 5.41) is 7.92. The van der Waals surface area contributed by atoms with Gasteiger partial charge in [-0.05, 0) is 101 Å². The zero-order valence-electron chi connectivity index (χ0n) is 27.0.